The summed E-state index contributed by atoms with van der Waals surface area (Å²) in [5, 5.41) is 3.44. The molecule has 1 aliphatic heterocycles. The van der Waals surface area contributed by atoms with Gasteiger partial charge in [0.25, 0.3) is 5.91 Å². The van der Waals surface area contributed by atoms with Crippen LogP contribution in [0.15, 0.2) is 48.5 Å². The van der Waals surface area contributed by atoms with Crippen molar-refractivity contribution in [1.82, 2.24) is 4.90 Å². The van der Waals surface area contributed by atoms with Crippen molar-refractivity contribution in [2.45, 2.75) is 18.9 Å². The molecular formula is C18H18F2N2O. The molecule has 0 saturated carbocycles. The summed E-state index contributed by atoms with van der Waals surface area (Å²) in [6.45, 7) is 1.14. The van der Waals surface area contributed by atoms with Crippen LogP contribution in [0.4, 0.5) is 14.5 Å². The van der Waals surface area contributed by atoms with Crippen LogP contribution in [-0.2, 0) is 0 Å². The van der Waals surface area contributed by atoms with E-state index >= 15 is 0 Å². The molecule has 0 spiro atoms. The molecule has 3 nitrogen and oxygen atoms in total. The number of likely N-dealkylation sites (tertiary alicyclic amines) is 1. The zero-order valence-electron chi connectivity index (χ0n) is 12.6. The van der Waals surface area contributed by atoms with Gasteiger partial charge in [0.2, 0.25) is 0 Å². The van der Waals surface area contributed by atoms with E-state index in [2.05, 4.69) is 5.32 Å². The van der Waals surface area contributed by atoms with Gasteiger partial charge in [0.15, 0.2) is 0 Å². The fraction of sp³-hybridized carbons (Fsp3) is 0.278. The molecule has 1 N–H and O–H groups in total. The van der Waals surface area contributed by atoms with Crippen LogP contribution >= 0.6 is 0 Å². The lowest BCUT2D eigenvalue weighted by Crippen LogP contribution is -2.42. The van der Waals surface area contributed by atoms with Gasteiger partial charge >= 0.3 is 0 Å². The molecule has 0 atom stereocenters. The van der Waals surface area contributed by atoms with E-state index in [-0.39, 0.29) is 11.5 Å². The maximum Gasteiger partial charge on any atom is 0.254 e. The van der Waals surface area contributed by atoms with E-state index in [0.717, 1.165) is 36.7 Å². The Hall–Kier alpha value is -2.43. The lowest BCUT2D eigenvalue weighted by molar-refractivity contribution is 0.0717. The number of anilines is 1. The van der Waals surface area contributed by atoms with Gasteiger partial charge in [0.05, 0.1) is 0 Å². The molecule has 5 heteroatoms. The number of amides is 1. The second-order valence-electron chi connectivity index (χ2n) is 5.73. The van der Waals surface area contributed by atoms with E-state index in [1.54, 1.807) is 4.90 Å². The van der Waals surface area contributed by atoms with Crippen LogP contribution < -0.4 is 5.32 Å². The van der Waals surface area contributed by atoms with Crippen LogP contribution in [0.3, 0.4) is 0 Å². The minimum atomic E-state index is -0.728. The molecule has 3 rings (SSSR count). The molecule has 0 aromatic heterocycles. The molecule has 1 amide bonds. The number of piperidine rings is 1. The predicted molar refractivity (Wildman–Crippen MR) is 85.3 cm³/mol. The van der Waals surface area contributed by atoms with E-state index in [9.17, 15) is 13.6 Å². The van der Waals surface area contributed by atoms with E-state index in [0.29, 0.717) is 19.1 Å². The third-order valence-electron chi connectivity index (χ3n) is 4.04. The summed E-state index contributed by atoms with van der Waals surface area (Å²) in [6, 6.07) is 13.2. The lowest BCUT2D eigenvalue weighted by atomic mass is 10.0. The van der Waals surface area contributed by atoms with Gasteiger partial charge in [-0.3, -0.25) is 4.79 Å². The average Bonchev–Trinajstić information content (AvgIpc) is 2.55. The average molecular weight is 316 g/mol. The van der Waals surface area contributed by atoms with Crippen molar-refractivity contribution in [2.24, 2.45) is 0 Å². The zero-order chi connectivity index (χ0) is 16.2. The molecule has 23 heavy (non-hydrogen) atoms. The number of halogens is 2. The highest BCUT2D eigenvalue weighted by Gasteiger charge is 2.24. The van der Waals surface area contributed by atoms with E-state index < -0.39 is 11.6 Å². The van der Waals surface area contributed by atoms with Crippen molar-refractivity contribution in [2.75, 3.05) is 18.4 Å². The number of nitrogens with zero attached hydrogens (tertiary/aromatic N) is 1. The van der Waals surface area contributed by atoms with Crippen LogP contribution in [-0.4, -0.2) is 29.9 Å². The summed E-state index contributed by atoms with van der Waals surface area (Å²) < 4.78 is 26.5. The first-order valence-electron chi connectivity index (χ1n) is 7.69. The first-order chi connectivity index (χ1) is 11.1. The Morgan fingerprint density at radius 1 is 1.00 bits per heavy atom. The number of carbonyl (C=O) groups excluding carboxylic acids is 1. The third kappa shape index (κ3) is 3.86. The summed E-state index contributed by atoms with van der Waals surface area (Å²) in [5.41, 5.74) is 1.13. The first-order valence-corrected chi connectivity index (χ1v) is 7.69. The van der Waals surface area contributed by atoms with Crippen LogP contribution in [0.5, 0.6) is 0 Å². The second kappa shape index (κ2) is 6.77. The number of carbonyl (C=O) groups is 1. The zero-order valence-corrected chi connectivity index (χ0v) is 12.6. The molecular weight excluding hydrogens is 298 g/mol. The van der Waals surface area contributed by atoms with Gasteiger partial charge in [-0.05, 0) is 37.1 Å². The number of hydrogen-bond acceptors (Lipinski definition) is 2. The van der Waals surface area contributed by atoms with Crippen LogP contribution in [0.1, 0.15) is 23.2 Å². The van der Waals surface area contributed by atoms with Gasteiger partial charge < -0.3 is 10.2 Å². The predicted octanol–water partition coefficient (Wildman–Crippen LogP) is 3.68. The van der Waals surface area contributed by atoms with Crippen molar-refractivity contribution in [1.29, 1.82) is 0 Å². The van der Waals surface area contributed by atoms with Crippen molar-refractivity contribution in [3.05, 3.63) is 65.7 Å². The van der Waals surface area contributed by atoms with Crippen molar-refractivity contribution in [3.63, 3.8) is 0 Å². The fourth-order valence-electron chi connectivity index (χ4n) is 2.86. The highest BCUT2D eigenvalue weighted by molar-refractivity contribution is 5.94. The topological polar surface area (TPSA) is 32.3 Å². The van der Waals surface area contributed by atoms with Gasteiger partial charge in [-0.1, -0.05) is 18.2 Å². The fourth-order valence-corrected chi connectivity index (χ4v) is 2.86. The Morgan fingerprint density at radius 3 is 2.22 bits per heavy atom. The van der Waals surface area contributed by atoms with E-state index in [1.807, 2.05) is 30.3 Å². The van der Waals surface area contributed by atoms with Gasteiger partial charge in [-0.15, -0.1) is 0 Å². The minimum absolute atomic E-state index is 0.0666. The van der Waals surface area contributed by atoms with Crippen molar-refractivity contribution >= 4 is 11.6 Å². The molecule has 1 aliphatic rings. The highest BCUT2D eigenvalue weighted by Crippen LogP contribution is 2.19. The Labute approximate surface area is 133 Å². The Bertz CT molecular complexity index is 662. The molecule has 0 radical (unpaired) electrons. The van der Waals surface area contributed by atoms with Gasteiger partial charge in [-0.2, -0.15) is 0 Å². The van der Waals surface area contributed by atoms with Gasteiger partial charge in [0.1, 0.15) is 11.6 Å². The Morgan fingerprint density at radius 2 is 1.61 bits per heavy atom. The summed E-state index contributed by atoms with van der Waals surface area (Å²) in [4.78, 5) is 14.0. The third-order valence-corrected chi connectivity index (χ3v) is 4.04. The Kier molecular flexibility index (Phi) is 4.55. The minimum Gasteiger partial charge on any atom is -0.382 e. The quantitative estimate of drug-likeness (QED) is 0.937. The smallest absolute Gasteiger partial charge is 0.254 e. The van der Waals surface area contributed by atoms with E-state index in [4.69, 9.17) is 0 Å². The number of nitrogens with one attached hydrogen (secondary N) is 1. The molecule has 0 aliphatic carbocycles. The monoisotopic (exact) mass is 316 g/mol. The number of rotatable bonds is 3. The lowest BCUT2D eigenvalue weighted by Gasteiger charge is -2.33. The number of hydrogen-bond donors (Lipinski definition) is 1. The standard InChI is InChI=1S/C18H18F2N2O/c19-14-10-13(11-15(20)12-14)18(23)22-8-6-17(7-9-22)21-16-4-2-1-3-5-16/h1-5,10-12,17,21H,6-9H2. The molecule has 1 fully saturated rings. The van der Waals surface area contributed by atoms with Crippen LogP contribution in [0, 0.1) is 11.6 Å². The second-order valence-corrected chi connectivity index (χ2v) is 5.73. The van der Waals surface area contributed by atoms with Crippen molar-refractivity contribution in [3.8, 4) is 0 Å². The van der Waals surface area contributed by atoms with Gasteiger partial charge in [-0.25, -0.2) is 8.78 Å². The van der Waals surface area contributed by atoms with Crippen LogP contribution in [0.25, 0.3) is 0 Å². The first kappa shape index (κ1) is 15.5. The maximum absolute atomic E-state index is 13.2. The molecule has 0 bridgehead atoms. The highest BCUT2D eigenvalue weighted by atomic mass is 19.1. The van der Waals surface area contributed by atoms with Crippen molar-refractivity contribution < 1.29 is 13.6 Å². The summed E-state index contributed by atoms with van der Waals surface area (Å²) >= 11 is 0. The number of para-hydroxylation sites is 1. The largest absolute Gasteiger partial charge is 0.382 e. The molecule has 2 aromatic carbocycles. The molecule has 1 heterocycles. The number of benzene rings is 2. The molecule has 1 saturated heterocycles. The van der Waals surface area contributed by atoms with E-state index in [1.165, 1.54) is 0 Å². The molecule has 0 unspecified atom stereocenters. The summed E-state index contributed by atoms with van der Waals surface area (Å²) in [6.07, 6.45) is 1.61. The summed E-state index contributed by atoms with van der Waals surface area (Å²) in [5.74, 6) is -1.77. The molecule has 120 valence electrons. The summed E-state index contributed by atoms with van der Waals surface area (Å²) in [7, 11) is 0. The van der Waals surface area contributed by atoms with Gasteiger partial charge in [0, 0.05) is 36.4 Å². The normalized spacial score (nSPS) is 15.5. The Balaban J connectivity index is 1.59. The van der Waals surface area contributed by atoms with Crippen LogP contribution in [0.2, 0.25) is 0 Å². The maximum atomic E-state index is 13.2. The SMILES string of the molecule is O=C(c1cc(F)cc(F)c1)N1CCC(Nc2ccccc2)CC1. The molecule has 2 aromatic rings.